The van der Waals surface area contributed by atoms with Crippen LogP contribution in [0.2, 0.25) is 0 Å². The van der Waals surface area contributed by atoms with Crippen LogP contribution in [0.25, 0.3) is 10.9 Å². The van der Waals surface area contributed by atoms with Crippen LogP contribution in [0.1, 0.15) is 26.2 Å². The summed E-state index contributed by atoms with van der Waals surface area (Å²) in [4.78, 5) is 5.69. The number of nitrogens with zero attached hydrogens (tertiary/aromatic N) is 2. The predicted molar refractivity (Wildman–Crippen MR) is 157 cm³/mol. The SMILES string of the molecule is COc1cc2c(Oc3cc(NS(=O)(=O)c4c(F)cccc4F)ccc3F)ccnc2cc1OCCCN1CCC(C)CC1. The van der Waals surface area contributed by atoms with Gasteiger partial charge in [-0.15, -0.1) is 0 Å². The van der Waals surface area contributed by atoms with Crippen LogP contribution in [0.15, 0.2) is 65.7 Å². The van der Waals surface area contributed by atoms with Crippen molar-refractivity contribution in [1.82, 2.24) is 9.88 Å². The van der Waals surface area contributed by atoms with Gasteiger partial charge in [-0.2, -0.15) is 0 Å². The molecule has 1 fully saturated rings. The predicted octanol–water partition coefficient (Wildman–Crippen LogP) is 6.75. The van der Waals surface area contributed by atoms with E-state index >= 15 is 0 Å². The molecule has 0 amide bonds. The summed E-state index contributed by atoms with van der Waals surface area (Å²) in [6, 6.07) is 10.8. The largest absolute Gasteiger partial charge is 0.493 e. The van der Waals surface area contributed by atoms with E-state index in [0.29, 0.717) is 29.0 Å². The molecule has 1 aromatic heterocycles. The lowest BCUT2D eigenvalue weighted by Crippen LogP contribution is -2.34. The number of rotatable bonds is 11. The zero-order valence-corrected chi connectivity index (χ0v) is 24.6. The maximum absolute atomic E-state index is 14.8. The van der Waals surface area contributed by atoms with E-state index in [9.17, 15) is 21.6 Å². The molecule has 1 N–H and O–H groups in total. The highest BCUT2D eigenvalue weighted by molar-refractivity contribution is 7.92. The second-order valence-corrected chi connectivity index (χ2v) is 12.1. The molecule has 0 radical (unpaired) electrons. The number of piperidine rings is 1. The Morgan fingerprint density at radius 3 is 2.40 bits per heavy atom. The zero-order valence-electron chi connectivity index (χ0n) is 23.8. The number of nitrogens with one attached hydrogen (secondary N) is 1. The number of pyridine rings is 1. The maximum Gasteiger partial charge on any atom is 0.267 e. The molecule has 1 aliphatic heterocycles. The van der Waals surface area contributed by atoms with E-state index in [1.165, 1.54) is 32.2 Å². The number of fused-ring (bicyclic) bond motifs is 1. The number of anilines is 1. The molecule has 43 heavy (non-hydrogen) atoms. The van der Waals surface area contributed by atoms with Crippen molar-refractivity contribution < 1.29 is 35.8 Å². The summed E-state index contributed by atoms with van der Waals surface area (Å²) in [5, 5.41) is 0.493. The molecular formula is C31H32F3N3O5S. The first-order valence-corrected chi connectivity index (χ1v) is 15.4. The first kappa shape index (κ1) is 30.4. The Morgan fingerprint density at radius 1 is 0.930 bits per heavy atom. The first-order valence-electron chi connectivity index (χ1n) is 13.9. The Hall–Kier alpha value is -4.03. The summed E-state index contributed by atoms with van der Waals surface area (Å²) in [6.07, 6.45) is 4.77. The second kappa shape index (κ2) is 13.1. The van der Waals surface area contributed by atoms with E-state index in [4.69, 9.17) is 14.2 Å². The molecular weight excluding hydrogens is 583 g/mol. The first-order chi connectivity index (χ1) is 20.6. The topological polar surface area (TPSA) is 90.0 Å². The summed E-state index contributed by atoms with van der Waals surface area (Å²) in [5.74, 6) is -1.70. The number of likely N-dealkylation sites (tertiary alicyclic amines) is 1. The number of halogens is 3. The Kier molecular flexibility index (Phi) is 9.26. The van der Waals surface area contributed by atoms with Crippen LogP contribution in [0.5, 0.6) is 23.0 Å². The van der Waals surface area contributed by atoms with Crippen molar-refractivity contribution in [3.05, 3.63) is 78.2 Å². The molecule has 12 heteroatoms. The fourth-order valence-electron chi connectivity index (χ4n) is 4.95. The van der Waals surface area contributed by atoms with Gasteiger partial charge >= 0.3 is 0 Å². The minimum atomic E-state index is -4.67. The lowest BCUT2D eigenvalue weighted by atomic mass is 9.99. The van der Waals surface area contributed by atoms with E-state index in [-0.39, 0.29) is 17.2 Å². The monoisotopic (exact) mass is 615 g/mol. The smallest absolute Gasteiger partial charge is 0.267 e. The summed E-state index contributed by atoms with van der Waals surface area (Å²) in [6.45, 7) is 5.94. The Labute approximate surface area is 248 Å². The molecule has 2 heterocycles. The number of ether oxygens (including phenoxy) is 3. The normalized spacial score (nSPS) is 14.5. The summed E-state index contributed by atoms with van der Waals surface area (Å²) < 4.78 is 87.9. The molecule has 0 unspecified atom stereocenters. The fourth-order valence-corrected chi connectivity index (χ4v) is 6.14. The molecule has 228 valence electrons. The van der Waals surface area contributed by atoms with Crippen molar-refractivity contribution in [2.24, 2.45) is 5.92 Å². The van der Waals surface area contributed by atoms with Crippen molar-refractivity contribution in [3.8, 4) is 23.0 Å². The standard InChI is InChI=1S/C31H32F3N3O5S/c1-20-10-14-37(15-11-20)13-4-16-41-30-19-26-22(18-29(30)40-2)27(9-12-35-26)42-28-17-21(7-8-23(28)32)36-43(38,39)31-24(33)5-3-6-25(31)34/h3,5-9,12,17-20,36H,4,10-11,13-16H2,1-2H3. The lowest BCUT2D eigenvalue weighted by Gasteiger charge is -2.30. The van der Waals surface area contributed by atoms with E-state index < -0.39 is 32.4 Å². The van der Waals surface area contributed by atoms with Gasteiger partial charge in [-0.3, -0.25) is 9.71 Å². The van der Waals surface area contributed by atoms with Gasteiger partial charge in [0.15, 0.2) is 28.0 Å². The molecule has 1 aliphatic rings. The minimum Gasteiger partial charge on any atom is -0.493 e. The number of hydrogen-bond donors (Lipinski definition) is 1. The minimum absolute atomic E-state index is 0.162. The number of aromatic nitrogens is 1. The molecule has 0 atom stereocenters. The van der Waals surface area contributed by atoms with Gasteiger partial charge in [-0.25, -0.2) is 21.6 Å². The van der Waals surface area contributed by atoms with Gasteiger partial charge in [0.2, 0.25) is 0 Å². The van der Waals surface area contributed by atoms with Crippen molar-refractivity contribution in [2.45, 2.75) is 31.1 Å². The third kappa shape index (κ3) is 7.14. The number of hydrogen-bond acceptors (Lipinski definition) is 7. The molecule has 0 aliphatic carbocycles. The number of benzene rings is 3. The quantitative estimate of drug-likeness (QED) is 0.187. The van der Waals surface area contributed by atoms with Gasteiger partial charge in [0.05, 0.1) is 24.9 Å². The lowest BCUT2D eigenvalue weighted by molar-refractivity contribution is 0.176. The van der Waals surface area contributed by atoms with Gasteiger partial charge in [-0.1, -0.05) is 13.0 Å². The Balaban J connectivity index is 1.33. The van der Waals surface area contributed by atoms with Gasteiger partial charge in [0.1, 0.15) is 17.4 Å². The average Bonchev–Trinajstić information content (AvgIpc) is 2.97. The van der Waals surface area contributed by atoms with Crippen LogP contribution in [-0.4, -0.2) is 51.7 Å². The Morgan fingerprint density at radius 2 is 1.67 bits per heavy atom. The second-order valence-electron chi connectivity index (χ2n) is 10.5. The summed E-state index contributed by atoms with van der Waals surface area (Å²) in [7, 11) is -3.16. The van der Waals surface area contributed by atoms with Gasteiger partial charge in [0, 0.05) is 30.3 Å². The van der Waals surface area contributed by atoms with Crippen LogP contribution in [0, 0.1) is 23.4 Å². The maximum atomic E-state index is 14.8. The third-order valence-corrected chi connectivity index (χ3v) is 8.76. The van der Waals surface area contributed by atoms with E-state index in [1.807, 2.05) is 0 Å². The number of methoxy groups -OCH3 is 1. The van der Waals surface area contributed by atoms with Crippen molar-refractivity contribution in [2.75, 3.05) is 38.1 Å². The van der Waals surface area contributed by atoms with Crippen LogP contribution in [0.4, 0.5) is 18.9 Å². The molecule has 5 rings (SSSR count). The highest BCUT2D eigenvalue weighted by Crippen LogP contribution is 2.38. The van der Waals surface area contributed by atoms with E-state index in [1.54, 1.807) is 12.1 Å². The van der Waals surface area contributed by atoms with Gasteiger partial charge in [0.25, 0.3) is 10.0 Å². The molecule has 4 aromatic rings. The third-order valence-electron chi connectivity index (χ3n) is 7.33. The molecule has 3 aromatic carbocycles. The average molecular weight is 616 g/mol. The Bertz CT molecular complexity index is 1690. The van der Waals surface area contributed by atoms with Crippen LogP contribution < -0.4 is 18.9 Å². The molecule has 0 bridgehead atoms. The number of sulfonamides is 1. The van der Waals surface area contributed by atoms with Crippen molar-refractivity contribution in [3.63, 3.8) is 0 Å². The fraction of sp³-hybridized carbons (Fsp3) is 0.323. The highest BCUT2D eigenvalue weighted by atomic mass is 32.2. The van der Waals surface area contributed by atoms with E-state index in [2.05, 4.69) is 21.5 Å². The van der Waals surface area contributed by atoms with Crippen LogP contribution in [-0.2, 0) is 10.0 Å². The molecule has 8 nitrogen and oxygen atoms in total. The summed E-state index contributed by atoms with van der Waals surface area (Å²) >= 11 is 0. The van der Waals surface area contributed by atoms with Gasteiger partial charge in [-0.05, 0) is 74.7 Å². The highest BCUT2D eigenvalue weighted by Gasteiger charge is 2.24. The van der Waals surface area contributed by atoms with Gasteiger partial charge < -0.3 is 19.1 Å². The molecule has 0 spiro atoms. The molecule has 0 saturated carbocycles. The van der Waals surface area contributed by atoms with Crippen LogP contribution >= 0.6 is 0 Å². The van der Waals surface area contributed by atoms with Crippen molar-refractivity contribution in [1.29, 1.82) is 0 Å². The van der Waals surface area contributed by atoms with Crippen molar-refractivity contribution >= 4 is 26.6 Å². The van der Waals surface area contributed by atoms with Crippen LogP contribution in [0.3, 0.4) is 0 Å². The van der Waals surface area contributed by atoms with E-state index in [0.717, 1.165) is 68.4 Å². The molecule has 1 saturated heterocycles. The zero-order chi connectivity index (χ0) is 30.6. The summed E-state index contributed by atoms with van der Waals surface area (Å²) in [5.41, 5.74) is 0.343.